The van der Waals surface area contributed by atoms with E-state index in [1.54, 1.807) is 6.92 Å². The number of nitrogens with zero attached hydrogens (tertiary/aromatic N) is 2. The Morgan fingerprint density at radius 2 is 2.00 bits per heavy atom. The van der Waals surface area contributed by atoms with Crippen molar-refractivity contribution < 1.29 is 14.7 Å². The third kappa shape index (κ3) is 3.27. The molecule has 102 valence electrons. The Morgan fingerprint density at radius 1 is 1.32 bits per heavy atom. The van der Waals surface area contributed by atoms with E-state index < -0.39 is 11.5 Å². The first-order chi connectivity index (χ1) is 9.01. The Kier molecular flexibility index (Phi) is 3.78. The van der Waals surface area contributed by atoms with Crippen molar-refractivity contribution >= 4 is 11.9 Å². The molecule has 1 aromatic rings. The van der Waals surface area contributed by atoms with Gasteiger partial charge in [-0.2, -0.15) is 0 Å². The Bertz CT molecular complexity index is 478. The van der Waals surface area contributed by atoms with E-state index in [0.29, 0.717) is 12.8 Å². The summed E-state index contributed by atoms with van der Waals surface area (Å²) < 4.78 is 0. The Hall–Kier alpha value is -1.98. The van der Waals surface area contributed by atoms with Gasteiger partial charge in [0.05, 0.1) is 23.9 Å². The van der Waals surface area contributed by atoms with Crippen molar-refractivity contribution in [2.24, 2.45) is 0 Å². The van der Waals surface area contributed by atoms with Gasteiger partial charge in [-0.25, -0.2) is 4.98 Å². The number of aryl methyl sites for hydroxylation is 1. The number of amides is 1. The van der Waals surface area contributed by atoms with Crippen LogP contribution in [0.15, 0.2) is 12.4 Å². The van der Waals surface area contributed by atoms with Crippen LogP contribution in [0.5, 0.6) is 0 Å². The zero-order chi connectivity index (χ0) is 13.9. The molecule has 0 atom stereocenters. The van der Waals surface area contributed by atoms with Crippen LogP contribution in [0.4, 0.5) is 0 Å². The maximum absolute atomic E-state index is 12.1. The lowest BCUT2D eigenvalue weighted by molar-refractivity contribution is -0.138. The minimum Gasteiger partial charge on any atom is -0.481 e. The molecule has 0 saturated heterocycles. The first-order valence-corrected chi connectivity index (χ1v) is 6.34. The molecule has 0 unspecified atom stereocenters. The quantitative estimate of drug-likeness (QED) is 0.854. The first-order valence-electron chi connectivity index (χ1n) is 6.34. The zero-order valence-electron chi connectivity index (χ0n) is 10.8. The number of carbonyl (C=O) groups excluding carboxylic acids is 1. The number of rotatable bonds is 4. The molecule has 1 aliphatic carbocycles. The SMILES string of the molecule is Cc1cnc(C(=O)NC2(CC(=O)O)CCCC2)cn1. The summed E-state index contributed by atoms with van der Waals surface area (Å²) in [6.07, 6.45) is 6.16. The highest BCUT2D eigenvalue weighted by molar-refractivity contribution is 5.92. The maximum Gasteiger partial charge on any atom is 0.305 e. The average molecular weight is 263 g/mol. The fraction of sp³-hybridized carbons (Fsp3) is 0.538. The highest BCUT2D eigenvalue weighted by Crippen LogP contribution is 2.32. The highest BCUT2D eigenvalue weighted by Gasteiger charge is 2.37. The van der Waals surface area contributed by atoms with E-state index in [2.05, 4.69) is 15.3 Å². The van der Waals surface area contributed by atoms with E-state index in [1.807, 2.05) is 0 Å². The van der Waals surface area contributed by atoms with Gasteiger partial charge >= 0.3 is 5.97 Å². The third-order valence-corrected chi connectivity index (χ3v) is 3.44. The highest BCUT2D eigenvalue weighted by atomic mass is 16.4. The van der Waals surface area contributed by atoms with Crippen LogP contribution in [0.1, 0.15) is 48.3 Å². The van der Waals surface area contributed by atoms with Gasteiger partial charge in [0.1, 0.15) is 5.69 Å². The minimum atomic E-state index is -0.891. The average Bonchev–Trinajstić information content (AvgIpc) is 2.77. The summed E-state index contributed by atoms with van der Waals surface area (Å²) in [5, 5.41) is 11.8. The molecule has 0 aromatic carbocycles. The zero-order valence-corrected chi connectivity index (χ0v) is 10.8. The van der Waals surface area contributed by atoms with E-state index in [0.717, 1.165) is 18.5 Å². The van der Waals surface area contributed by atoms with Crippen LogP contribution in [0, 0.1) is 6.92 Å². The predicted octanol–water partition coefficient (Wildman–Crippen LogP) is 1.30. The third-order valence-electron chi connectivity index (χ3n) is 3.44. The Balaban J connectivity index is 2.11. The van der Waals surface area contributed by atoms with Crippen LogP contribution in [0.3, 0.4) is 0 Å². The monoisotopic (exact) mass is 263 g/mol. The molecule has 6 nitrogen and oxygen atoms in total. The number of carboxylic acids is 1. The molecule has 1 fully saturated rings. The molecule has 1 amide bonds. The molecule has 1 heterocycles. The molecule has 1 aliphatic rings. The first kappa shape index (κ1) is 13.5. The summed E-state index contributed by atoms with van der Waals surface area (Å²) in [6.45, 7) is 1.79. The Morgan fingerprint density at radius 3 is 2.53 bits per heavy atom. The van der Waals surface area contributed by atoms with Crippen molar-refractivity contribution in [1.29, 1.82) is 0 Å². The number of hydrogen-bond donors (Lipinski definition) is 2. The van der Waals surface area contributed by atoms with Gasteiger partial charge in [-0.3, -0.25) is 14.6 Å². The lowest BCUT2D eigenvalue weighted by Gasteiger charge is -2.28. The van der Waals surface area contributed by atoms with Gasteiger partial charge in [0, 0.05) is 6.20 Å². The van der Waals surface area contributed by atoms with Crippen LogP contribution >= 0.6 is 0 Å². The Labute approximate surface area is 111 Å². The number of hydrogen-bond acceptors (Lipinski definition) is 4. The largest absolute Gasteiger partial charge is 0.481 e. The second kappa shape index (κ2) is 5.34. The van der Waals surface area contributed by atoms with E-state index in [1.165, 1.54) is 12.4 Å². The van der Waals surface area contributed by atoms with Crippen molar-refractivity contribution in [2.75, 3.05) is 0 Å². The number of nitrogens with one attached hydrogen (secondary N) is 1. The molecule has 19 heavy (non-hydrogen) atoms. The van der Waals surface area contributed by atoms with E-state index >= 15 is 0 Å². The molecule has 0 aliphatic heterocycles. The van der Waals surface area contributed by atoms with Crippen LogP contribution in [0.2, 0.25) is 0 Å². The molecule has 2 N–H and O–H groups in total. The summed E-state index contributed by atoms with van der Waals surface area (Å²) in [4.78, 5) is 31.1. The predicted molar refractivity (Wildman–Crippen MR) is 67.7 cm³/mol. The molecule has 1 aromatic heterocycles. The van der Waals surface area contributed by atoms with Gasteiger partial charge in [0.25, 0.3) is 5.91 Å². The van der Waals surface area contributed by atoms with E-state index in [-0.39, 0.29) is 18.0 Å². The summed E-state index contributed by atoms with van der Waals surface area (Å²) in [5.74, 6) is -1.24. The van der Waals surface area contributed by atoms with Crippen molar-refractivity contribution in [1.82, 2.24) is 15.3 Å². The topological polar surface area (TPSA) is 92.2 Å². The fourth-order valence-electron chi connectivity index (χ4n) is 2.50. The lowest BCUT2D eigenvalue weighted by atomic mass is 9.93. The molecule has 0 spiro atoms. The van der Waals surface area contributed by atoms with Crippen LogP contribution < -0.4 is 5.32 Å². The van der Waals surface area contributed by atoms with Gasteiger partial charge in [0.2, 0.25) is 0 Å². The van der Waals surface area contributed by atoms with Crippen molar-refractivity contribution in [2.45, 2.75) is 44.6 Å². The second-order valence-corrected chi connectivity index (χ2v) is 5.06. The normalized spacial score (nSPS) is 17.1. The smallest absolute Gasteiger partial charge is 0.305 e. The van der Waals surface area contributed by atoms with Gasteiger partial charge in [-0.1, -0.05) is 12.8 Å². The lowest BCUT2D eigenvalue weighted by Crippen LogP contribution is -2.48. The van der Waals surface area contributed by atoms with E-state index in [4.69, 9.17) is 5.11 Å². The second-order valence-electron chi connectivity index (χ2n) is 5.06. The molecule has 1 saturated carbocycles. The number of carboxylic acid groups (broad SMARTS) is 1. The van der Waals surface area contributed by atoms with Crippen LogP contribution in [-0.2, 0) is 4.79 Å². The van der Waals surface area contributed by atoms with Crippen molar-refractivity contribution in [3.63, 3.8) is 0 Å². The molecular weight excluding hydrogens is 246 g/mol. The van der Waals surface area contributed by atoms with Gasteiger partial charge < -0.3 is 10.4 Å². The van der Waals surface area contributed by atoms with Crippen LogP contribution in [-0.4, -0.2) is 32.5 Å². The van der Waals surface area contributed by atoms with Gasteiger partial charge in [-0.05, 0) is 19.8 Å². The van der Waals surface area contributed by atoms with Gasteiger partial charge in [-0.15, -0.1) is 0 Å². The minimum absolute atomic E-state index is 0.0436. The molecule has 2 rings (SSSR count). The standard InChI is InChI=1S/C13H17N3O3/c1-9-7-15-10(8-14-9)12(19)16-13(6-11(17)18)4-2-3-5-13/h7-8H,2-6H2,1H3,(H,16,19)(H,17,18). The molecule has 6 heteroatoms. The molecule has 0 radical (unpaired) electrons. The summed E-state index contributed by atoms with van der Waals surface area (Å²) in [6, 6.07) is 0. The summed E-state index contributed by atoms with van der Waals surface area (Å²) in [7, 11) is 0. The van der Waals surface area contributed by atoms with Gasteiger partial charge in [0.15, 0.2) is 0 Å². The maximum atomic E-state index is 12.1. The number of carbonyl (C=O) groups is 2. The summed E-state index contributed by atoms with van der Waals surface area (Å²) in [5.41, 5.74) is 0.329. The number of aliphatic carboxylic acids is 1. The summed E-state index contributed by atoms with van der Waals surface area (Å²) >= 11 is 0. The van der Waals surface area contributed by atoms with Crippen molar-refractivity contribution in [3.05, 3.63) is 23.8 Å². The number of aromatic nitrogens is 2. The van der Waals surface area contributed by atoms with Crippen molar-refractivity contribution in [3.8, 4) is 0 Å². The molecule has 0 bridgehead atoms. The molecular formula is C13H17N3O3. The fourth-order valence-corrected chi connectivity index (χ4v) is 2.50. The van der Waals surface area contributed by atoms with Crippen LogP contribution in [0.25, 0.3) is 0 Å². The van der Waals surface area contributed by atoms with E-state index in [9.17, 15) is 9.59 Å².